The Hall–Kier alpha value is -0.880. The molecule has 4 nitrogen and oxygen atoms in total. The molecule has 0 radical (unpaired) electrons. The summed E-state index contributed by atoms with van der Waals surface area (Å²) < 4.78 is 1.68. The third-order valence-electron chi connectivity index (χ3n) is 2.48. The number of hydrogen-bond acceptors (Lipinski definition) is 2. The van der Waals surface area contributed by atoms with Crippen LogP contribution in [-0.2, 0) is 4.79 Å². The minimum atomic E-state index is -0.775. The van der Waals surface area contributed by atoms with Gasteiger partial charge in [0.2, 0.25) is 0 Å². The first-order valence-electron chi connectivity index (χ1n) is 5.95. The first kappa shape index (κ1) is 16.2. The van der Waals surface area contributed by atoms with Gasteiger partial charge in [0, 0.05) is 27.5 Å². The van der Waals surface area contributed by atoms with Gasteiger partial charge in [-0.2, -0.15) is 0 Å². The lowest BCUT2D eigenvalue weighted by Gasteiger charge is -2.06. The average Bonchev–Trinajstić information content (AvgIpc) is 2.31. The van der Waals surface area contributed by atoms with Crippen molar-refractivity contribution < 1.29 is 14.7 Å². The molecule has 104 valence electrons. The van der Waals surface area contributed by atoms with Crippen LogP contribution in [0.1, 0.15) is 36.0 Å². The van der Waals surface area contributed by atoms with E-state index in [1.165, 1.54) is 0 Å². The Bertz CT molecular complexity index is 443. The second kappa shape index (κ2) is 8.32. The second-order valence-corrected chi connectivity index (χ2v) is 5.95. The Kier molecular flexibility index (Phi) is 7.09. The number of carboxylic acids is 1. The van der Waals surface area contributed by atoms with Crippen LogP contribution in [0, 0.1) is 0 Å². The van der Waals surface area contributed by atoms with E-state index in [-0.39, 0.29) is 12.3 Å². The molecule has 0 saturated carbocycles. The van der Waals surface area contributed by atoms with Crippen LogP contribution in [0.2, 0.25) is 0 Å². The maximum atomic E-state index is 11.8. The Morgan fingerprint density at radius 3 is 2.26 bits per heavy atom. The first-order valence-corrected chi connectivity index (χ1v) is 7.53. The van der Waals surface area contributed by atoms with E-state index in [0.29, 0.717) is 18.5 Å². The van der Waals surface area contributed by atoms with Crippen LogP contribution in [0.5, 0.6) is 0 Å². The van der Waals surface area contributed by atoms with Crippen molar-refractivity contribution in [2.75, 3.05) is 6.54 Å². The fraction of sp³-hybridized carbons (Fsp3) is 0.385. The van der Waals surface area contributed by atoms with E-state index in [1.807, 2.05) is 6.07 Å². The number of unbranched alkanes of at least 4 members (excludes halogenated alkanes) is 2. The lowest BCUT2D eigenvalue weighted by molar-refractivity contribution is -0.137. The van der Waals surface area contributed by atoms with E-state index >= 15 is 0 Å². The zero-order chi connectivity index (χ0) is 14.3. The summed E-state index contributed by atoms with van der Waals surface area (Å²) in [6.07, 6.45) is 2.42. The Balaban J connectivity index is 2.29. The molecule has 0 heterocycles. The SMILES string of the molecule is O=C(O)CCCCCNC(=O)c1cc(Br)cc(Br)c1. The van der Waals surface area contributed by atoms with E-state index in [1.54, 1.807) is 12.1 Å². The highest BCUT2D eigenvalue weighted by Gasteiger charge is 2.06. The van der Waals surface area contributed by atoms with Gasteiger partial charge >= 0.3 is 5.97 Å². The maximum absolute atomic E-state index is 11.8. The molecule has 1 amide bonds. The summed E-state index contributed by atoms with van der Waals surface area (Å²) in [6, 6.07) is 5.37. The first-order chi connectivity index (χ1) is 8.99. The minimum absolute atomic E-state index is 0.125. The smallest absolute Gasteiger partial charge is 0.303 e. The molecule has 0 bridgehead atoms. The molecule has 0 saturated heterocycles. The molecule has 6 heteroatoms. The number of hydrogen-bond donors (Lipinski definition) is 2. The molecule has 0 unspecified atom stereocenters. The molecule has 1 rings (SSSR count). The second-order valence-electron chi connectivity index (χ2n) is 4.12. The Morgan fingerprint density at radius 2 is 1.68 bits per heavy atom. The van der Waals surface area contributed by atoms with Crippen molar-refractivity contribution in [1.82, 2.24) is 5.32 Å². The number of carbonyl (C=O) groups is 2. The van der Waals surface area contributed by atoms with Crippen molar-refractivity contribution in [2.24, 2.45) is 0 Å². The number of benzene rings is 1. The Labute approximate surface area is 128 Å². The molecule has 0 spiro atoms. The van der Waals surface area contributed by atoms with Gasteiger partial charge in [0.25, 0.3) is 5.91 Å². The molecule has 1 aromatic rings. The van der Waals surface area contributed by atoms with Crippen molar-refractivity contribution in [3.05, 3.63) is 32.7 Å². The molecule has 0 atom stereocenters. The van der Waals surface area contributed by atoms with E-state index in [4.69, 9.17) is 5.11 Å². The fourth-order valence-electron chi connectivity index (χ4n) is 1.57. The third-order valence-corrected chi connectivity index (χ3v) is 3.39. The quantitative estimate of drug-likeness (QED) is 0.697. The van der Waals surface area contributed by atoms with Gasteiger partial charge in [0.05, 0.1) is 0 Å². The van der Waals surface area contributed by atoms with Gasteiger partial charge in [-0.15, -0.1) is 0 Å². The topological polar surface area (TPSA) is 66.4 Å². The molecule has 0 aliphatic rings. The van der Waals surface area contributed by atoms with E-state index in [9.17, 15) is 9.59 Å². The highest BCUT2D eigenvalue weighted by Crippen LogP contribution is 2.20. The standard InChI is InChI=1S/C13H15Br2NO3/c14-10-6-9(7-11(15)8-10)13(19)16-5-3-1-2-4-12(17)18/h6-8H,1-5H2,(H,16,19)(H,17,18). The van der Waals surface area contributed by atoms with Gasteiger partial charge in [-0.3, -0.25) is 9.59 Å². The Morgan fingerprint density at radius 1 is 1.05 bits per heavy atom. The number of nitrogens with one attached hydrogen (secondary N) is 1. The van der Waals surface area contributed by atoms with Crippen LogP contribution >= 0.6 is 31.9 Å². The van der Waals surface area contributed by atoms with Crippen LogP contribution in [0.3, 0.4) is 0 Å². The van der Waals surface area contributed by atoms with E-state index < -0.39 is 5.97 Å². The predicted molar refractivity (Wildman–Crippen MR) is 80.3 cm³/mol. The van der Waals surface area contributed by atoms with Crippen molar-refractivity contribution in [2.45, 2.75) is 25.7 Å². The third kappa shape index (κ3) is 6.73. The number of halogens is 2. The number of carboxylic acid groups (broad SMARTS) is 1. The van der Waals surface area contributed by atoms with E-state index in [2.05, 4.69) is 37.2 Å². The van der Waals surface area contributed by atoms with Crippen LogP contribution in [0.4, 0.5) is 0 Å². The van der Waals surface area contributed by atoms with Crippen molar-refractivity contribution in [3.63, 3.8) is 0 Å². The maximum Gasteiger partial charge on any atom is 0.303 e. The number of rotatable bonds is 7. The van der Waals surface area contributed by atoms with Gasteiger partial charge in [-0.25, -0.2) is 0 Å². The molecule has 0 aliphatic carbocycles. The summed E-state index contributed by atoms with van der Waals surface area (Å²) >= 11 is 6.66. The zero-order valence-corrected chi connectivity index (χ0v) is 13.5. The number of carbonyl (C=O) groups excluding carboxylic acids is 1. The molecule has 0 aromatic heterocycles. The molecule has 0 fully saturated rings. The van der Waals surface area contributed by atoms with Crippen molar-refractivity contribution in [3.8, 4) is 0 Å². The monoisotopic (exact) mass is 391 g/mol. The number of amides is 1. The summed E-state index contributed by atoms with van der Waals surface area (Å²) in [7, 11) is 0. The summed E-state index contributed by atoms with van der Waals surface area (Å²) in [6.45, 7) is 0.558. The lowest BCUT2D eigenvalue weighted by Crippen LogP contribution is -2.24. The van der Waals surface area contributed by atoms with Gasteiger partial charge in [-0.05, 0) is 31.0 Å². The van der Waals surface area contributed by atoms with Crippen LogP contribution in [0.15, 0.2) is 27.1 Å². The van der Waals surface area contributed by atoms with Crippen molar-refractivity contribution in [1.29, 1.82) is 0 Å². The highest BCUT2D eigenvalue weighted by molar-refractivity contribution is 9.11. The summed E-state index contributed by atoms with van der Waals surface area (Å²) in [5.74, 6) is -0.900. The average molecular weight is 393 g/mol. The van der Waals surface area contributed by atoms with Crippen LogP contribution in [-0.4, -0.2) is 23.5 Å². The molecule has 19 heavy (non-hydrogen) atoms. The lowest BCUT2D eigenvalue weighted by atomic mass is 10.2. The summed E-state index contributed by atoms with van der Waals surface area (Å²) in [4.78, 5) is 22.2. The van der Waals surface area contributed by atoms with Crippen molar-refractivity contribution >= 4 is 43.7 Å². The largest absolute Gasteiger partial charge is 0.481 e. The van der Waals surface area contributed by atoms with Gasteiger partial charge in [0.15, 0.2) is 0 Å². The highest BCUT2D eigenvalue weighted by atomic mass is 79.9. The van der Waals surface area contributed by atoms with E-state index in [0.717, 1.165) is 21.8 Å². The zero-order valence-electron chi connectivity index (χ0n) is 10.3. The van der Waals surface area contributed by atoms with Gasteiger partial charge < -0.3 is 10.4 Å². The van der Waals surface area contributed by atoms with Crippen LogP contribution in [0.25, 0.3) is 0 Å². The summed E-state index contributed by atoms with van der Waals surface area (Å²) in [5.41, 5.74) is 0.590. The van der Waals surface area contributed by atoms with Crippen LogP contribution < -0.4 is 5.32 Å². The summed E-state index contributed by atoms with van der Waals surface area (Å²) in [5, 5.41) is 11.3. The van der Waals surface area contributed by atoms with Gasteiger partial charge in [0.1, 0.15) is 0 Å². The molecular weight excluding hydrogens is 378 g/mol. The normalized spacial score (nSPS) is 10.2. The molecular formula is C13H15Br2NO3. The molecule has 2 N–H and O–H groups in total. The minimum Gasteiger partial charge on any atom is -0.481 e. The molecule has 1 aromatic carbocycles. The fourth-order valence-corrected chi connectivity index (χ4v) is 2.86. The number of aliphatic carboxylic acids is 1. The van der Waals surface area contributed by atoms with Gasteiger partial charge in [-0.1, -0.05) is 38.3 Å². The molecule has 0 aliphatic heterocycles. The predicted octanol–water partition coefficient (Wildman–Crippen LogP) is 3.59.